The summed E-state index contributed by atoms with van der Waals surface area (Å²) in [4.78, 5) is 4.05. The van der Waals surface area contributed by atoms with Crippen molar-refractivity contribution in [3.8, 4) is 0 Å². The highest BCUT2D eigenvalue weighted by atomic mass is 32.2. The fraction of sp³-hybridized carbons (Fsp3) is 0.308. The lowest BCUT2D eigenvalue weighted by molar-refractivity contribution is 0.593. The van der Waals surface area contributed by atoms with E-state index in [2.05, 4.69) is 9.71 Å². The second-order valence-corrected chi connectivity index (χ2v) is 7.62. The number of nitrogens with one attached hydrogen (secondary N) is 1. The first-order valence-corrected chi connectivity index (χ1v) is 8.77. The summed E-state index contributed by atoms with van der Waals surface area (Å²) in [7, 11) is -3.89. The van der Waals surface area contributed by atoms with E-state index in [-0.39, 0.29) is 21.3 Å². The number of thiazole rings is 1. The summed E-state index contributed by atoms with van der Waals surface area (Å²) < 4.78 is 40.5. The van der Waals surface area contributed by atoms with E-state index >= 15 is 0 Å². The lowest BCUT2D eigenvalue weighted by Crippen LogP contribution is -2.14. The topological polar surface area (TPSA) is 85.1 Å². The van der Waals surface area contributed by atoms with Crippen LogP contribution >= 0.6 is 11.3 Å². The average molecular weight is 327 g/mol. The van der Waals surface area contributed by atoms with E-state index in [0.29, 0.717) is 5.92 Å². The van der Waals surface area contributed by atoms with Crippen LogP contribution in [0.4, 0.5) is 15.2 Å². The number of aromatic nitrogens is 1. The molecule has 1 fully saturated rings. The molecule has 8 heteroatoms. The summed E-state index contributed by atoms with van der Waals surface area (Å²) in [5.74, 6) is -0.194. The molecule has 3 N–H and O–H groups in total. The second-order valence-electron chi connectivity index (χ2n) is 5.08. The highest BCUT2D eigenvalue weighted by Crippen LogP contribution is 2.41. The molecule has 5 nitrogen and oxygen atoms in total. The van der Waals surface area contributed by atoms with Crippen LogP contribution in [0, 0.1) is 12.7 Å². The summed E-state index contributed by atoms with van der Waals surface area (Å²) in [5, 5.41) is 2.14. The first-order chi connectivity index (χ1) is 9.87. The maximum atomic E-state index is 13.6. The first-order valence-electron chi connectivity index (χ1n) is 6.40. The van der Waals surface area contributed by atoms with Gasteiger partial charge in [0.2, 0.25) is 0 Å². The molecule has 0 atom stereocenters. The van der Waals surface area contributed by atoms with Crippen molar-refractivity contribution in [3.63, 3.8) is 0 Å². The van der Waals surface area contributed by atoms with Gasteiger partial charge in [0.1, 0.15) is 5.82 Å². The molecule has 1 aliphatic rings. The second kappa shape index (κ2) is 4.96. The van der Waals surface area contributed by atoms with Gasteiger partial charge >= 0.3 is 0 Å². The van der Waals surface area contributed by atoms with Gasteiger partial charge in [-0.25, -0.2) is 17.8 Å². The van der Waals surface area contributed by atoms with Crippen LogP contribution in [0.25, 0.3) is 0 Å². The maximum Gasteiger partial charge on any atom is 0.263 e. The van der Waals surface area contributed by atoms with Gasteiger partial charge < -0.3 is 5.73 Å². The molecule has 21 heavy (non-hydrogen) atoms. The Kier molecular flexibility index (Phi) is 3.37. The lowest BCUT2D eigenvalue weighted by atomic mass is 10.2. The predicted octanol–water partition coefficient (Wildman–Crippen LogP) is 2.85. The van der Waals surface area contributed by atoms with Crippen LogP contribution in [-0.4, -0.2) is 13.4 Å². The number of hydrogen-bond acceptors (Lipinski definition) is 5. The van der Waals surface area contributed by atoms with Crippen LogP contribution < -0.4 is 10.5 Å². The van der Waals surface area contributed by atoms with Crippen molar-refractivity contribution in [2.45, 2.75) is 30.6 Å². The number of nitrogen functional groups attached to an aromatic ring is 1. The largest absolute Gasteiger partial charge is 0.398 e. The molecule has 0 bridgehead atoms. The first kappa shape index (κ1) is 14.3. The molecule has 1 heterocycles. The molecule has 0 amide bonds. The Bertz CT molecular complexity index is 774. The normalized spacial score (nSPS) is 15.1. The number of benzene rings is 1. The Hall–Kier alpha value is -1.67. The van der Waals surface area contributed by atoms with E-state index in [0.717, 1.165) is 24.6 Å². The van der Waals surface area contributed by atoms with Crippen molar-refractivity contribution < 1.29 is 12.8 Å². The predicted molar refractivity (Wildman–Crippen MR) is 80.4 cm³/mol. The van der Waals surface area contributed by atoms with Crippen molar-refractivity contribution in [1.29, 1.82) is 0 Å². The van der Waals surface area contributed by atoms with Crippen molar-refractivity contribution >= 4 is 32.2 Å². The third-order valence-electron chi connectivity index (χ3n) is 3.41. The van der Waals surface area contributed by atoms with Crippen LogP contribution in [0.2, 0.25) is 0 Å². The van der Waals surface area contributed by atoms with Crippen LogP contribution in [0.5, 0.6) is 0 Å². The third kappa shape index (κ3) is 2.86. The monoisotopic (exact) mass is 327 g/mol. The minimum absolute atomic E-state index is 0.105. The molecule has 0 aliphatic heterocycles. The van der Waals surface area contributed by atoms with E-state index < -0.39 is 15.8 Å². The van der Waals surface area contributed by atoms with Gasteiger partial charge in [0.05, 0.1) is 10.6 Å². The Balaban J connectivity index is 1.88. The Labute approximate surface area is 126 Å². The van der Waals surface area contributed by atoms with Gasteiger partial charge in [-0.05, 0) is 31.9 Å². The van der Waals surface area contributed by atoms with E-state index in [1.165, 1.54) is 24.3 Å². The van der Waals surface area contributed by atoms with Crippen LogP contribution in [0.1, 0.15) is 30.0 Å². The van der Waals surface area contributed by atoms with Crippen molar-refractivity contribution in [3.05, 3.63) is 34.6 Å². The molecular weight excluding hydrogens is 313 g/mol. The highest BCUT2D eigenvalue weighted by Gasteiger charge is 2.27. The number of anilines is 2. The van der Waals surface area contributed by atoms with Crippen LogP contribution in [-0.2, 0) is 10.0 Å². The van der Waals surface area contributed by atoms with E-state index in [4.69, 9.17) is 5.73 Å². The number of halogens is 1. The smallest absolute Gasteiger partial charge is 0.263 e. The van der Waals surface area contributed by atoms with Gasteiger partial charge in [-0.1, -0.05) is 0 Å². The molecule has 1 saturated carbocycles. The third-order valence-corrected chi connectivity index (χ3v) is 5.63. The Morgan fingerprint density at radius 1 is 1.43 bits per heavy atom. The summed E-state index contributed by atoms with van der Waals surface area (Å²) in [5.41, 5.74) is 6.87. The van der Waals surface area contributed by atoms with E-state index in [9.17, 15) is 12.8 Å². The number of rotatable bonds is 4. The molecule has 0 radical (unpaired) electrons. The van der Waals surface area contributed by atoms with Gasteiger partial charge in [-0.3, -0.25) is 4.72 Å². The number of sulfonamides is 1. The zero-order valence-electron chi connectivity index (χ0n) is 11.3. The van der Waals surface area contributed by atoms with Crippen molar-refractivity contribution in [2.24, 2.45) is 0 Å². The fourth-order valence-electron chi connectivity index (χ4n) is 1.90. The average Bonchev–Trinajstić information content (AvgIpc) is 3.16. The molecule has 2 aromatic rings. The molecule has 1 aromatic heterocycles. The molecule has 0 unspecified atom stereocenters. The Morgan fingerprint density at radius 2 is 2.14 bits per heavy atom. The van der Waals surface area contributed by atoms with E-state index in [1.807, 2.05) is 5.38 Å². The minimum atomic E-state index is -3.89. The summed E-state index contributed by atoms with van der Waals surface area (Å²) >= 11 is 1.22. The van der Waals surface area contributed by atoms with Crippen molar-refractivity contribution in [1.82, 2.24) is 4.98 Å². The Morgan fingerprint density at radius 3 is 2.76 bits per heavy atom. The summed E-state index contributed by atoms with van der Waals surface area (Å²) in [6, 6.07) is 2.21. The minimum Gasteiger partial charge on any atom is -0.398 e. The van der Waals surface area contributed by atoms with Gasteiger partial charge in [0, 0.05) is 22.5 Å². The van der Waals surface area contributed by atoms with E-state index in [1.54, 1.807) is 0 Å². The summed E-state index contributed by atoms with van der Waals surface area (Å²) in [6.45, 7) is 1.50. The number of nitrogens with zero attached hydrogens (tertiary/aromatic N) is 1. The van der Waals surface area contributed by atoms with Crippen LogP contribution in [0.15, 0.2) is 22.4 Å². The van der Waals surface area contributed by atoms with Gasteiger partial charge in [0.25, 0.3) is 10.0 Å². The van der Waals surface area contributed by atoms with Crippen LogP contribution in [0.3, 0.4) is 0 Å². The molecule has 3 rings (SSSR count). The van der Waals surface area contributed by atoms with Gasteiger partial charge in [-0.2, -0.15) is 0 Å². The molecule has 1 aliphatic carbocycles. The quantitative estimate of drug-likeness (QED) is 0.846. The standard InChI is InChI=1S/C13H14FN3O2S2/c1-7-10(14)4-9(5-11(7)15)21(18,19)17-13-16-12(6-20-13)8-2-3-8/h4-6,8H,2-3,15H2,1H3,(H,16,17). The number of nitrogens with two attached hydrogens (primary N) is 1. The van der Waals surface area contributed by atoms with Gasteiger partial charge in [0.15, 0.2) is 5.13 Å². The SMILES string of the molecule is Cc1c(N)cc(S(=O)(=O)Nc2nc(C3CC3)cs2)cc1F. The zero-order valence-corrected chi connectivity index (χ0v) is 12.9. The number of hydrogen-bond donors (Lipinski definition) is 2. The lowest BCUT2D eigenvalue weighted by Gasteiger charge is -2.08. The fourth-order valence-corrected chi connectivity index (χ4v) is 3.99. The zero-order chi connectivity index (χ0) is 15.2. The molecular formula is C13H14FN3O2S2. The maximum absolute atomic E-state index is 13.6. The highest BCUT2D eigenvalue weighted by molar-refractivity contribution is 7.93. The molecule has 0 saturated heterocycles. The molecule has 112 valence electrons. The molecule has 1 aromatic carbocycles. The van der Waals surface area contributed by atoms with Crippen molar-refractivity contribution in [2.75, 3.05) is 10.5 Å². The van der Waals surface area contributed by atoms with Gasteiger partial charge in [-0.15, -0.1) is 11.3 Å². The molecule has 0 spiro atoms. The summed E-state index contributed by atoms with van der Waals surface area (Å²) in [6.07, 6.45) is 2.19.